The van der Waals surface area contributed by atoms with Crippen molar-refractivity contribution in [2.45, 2.75) is 84.3 Å². The molecule has 1 atom stereocenters. The number of nitrogens with two attached hydrogens (primary N) is 2. The molecule has 1 saturated carbocycles. The third-order valence-electron chi connectivity index (χ3n) is 8.68. The summed E-state index contributed by atoms with van der Waals surface area (Å²) in [6.07, 6.45) is 6.21. The Labute approximate surface area is 264 Å². The minimum Gasteiger partial charge on any atom is -0.384 e. The molecule has 2 amide bonds. The molecule has 4 rings (SSSR count). The lowest BCUT2D eigenvalue weighted by molar-refractivity contribution is -0.133. The summed E-state index contributed by atoms with van der Waals surface area (Å²) >= 11 is 12.7. The van der Waals surface area contributed by atoms with Crippen LogP contribution in [0.1, 0.15) is 100 Å². The van der Waals surface area contributed by atoms with Crippen LogP contribution in [0.5, 0.6) is 0 Å². The molecule has 0 bridgehead atoms. The molecule has 2 aromatic rings. The Bertz CT molecular complexity index is 1360. The zero-order valence-electron chi connectivity index (χ0n) is 25.4. The van der Waals surface area contributed by atoms with E-state index in [0.717, 1.165) is 50.5 Å². The number of hydrazone groups is 1. The molecule has 1 aliphatic heterocycles. The first-order chi connectivity index (χ1) is 20.4. The molecule has 9 nitrogen and oxygen atoms in total. The number of nitrogens with zero attached hydrogens (tertiary/aromatic N) is 3. The normalized spacial score (nSPS) is 21.6. The number of hydrazine groups is 1. The zero-order valence-corrected chi connectivity index (χ0v) is 26.9. The number of benzene rings is 2. The number of carbonyl (C=O) groups excluding carboxylic acids is 2. The van der Waals surface area contributed by atoms with Gasteiger partial charge in [0.05, 0.1) is 12.6 Å². The van der Waals surface area contributed by atoms with Crippen molar-refractivity contribution in [3.8, 4) is 0 Å². The van der Waals surface area contributed by atoms with Gasteiger partial charge in [-0.3, -0.25) is 14.6 Å². The predicted octanol–water partition coefficient (Wildman–Crippen LogP) is 5.95. The van der Waals surface area contributed by atoms with Gasteiger partial charge in [0.1, 0.15) is 17.2 Å². The van der Waals surface area contributed by atoms with E-state index in [2.05, 4.69) is 43.6 Å². The number of hydrogen-bond donors (Lipinski definition) is 4. The molecular formula is C32H43Cl2N7O2. The van der Waals surface area contributed by atoms with Gasteiger partial charge >= 0.3 is 0 Å². The van der Waals surface area contributed by atoms with E-state index in [1.807, 2.05) is 17.0 Å². The second kappa shape index (κ2) is 13.7. The Morgan fingerprint density at radius 1 is 1.14 bits per heavy atom. The molecule has 0 unspecified atom stereocenters. The van der Waals surface area contributed by atoms with E-state index in [4.69, 9.17) is 39.8 Å². The molecule has 1 spiro atoms. The topological polar surface area (TPSA) is 138 Å². The van der Waals surface area contributed by atoms with E-state index >= 15 is 0 Å². The number of unbranched alkanes of at least 4 members (excludes halogenated alkanes) is 1. The van der Waals surface area contributed by atoms with Crippen LogP contribution in [0.2, 0.25) is 10.0 Å². The number of carbonyl (C=O) groups is 2. The third kappa shape index (κ3) is 7.51. The van der Waals surface area contributed by atoms with Crippen LogP contribution in [-0.2, 0) is 4.79 Å². The average molecular weight is 629 g/mol. The number of rotatable bonds is 10. The molecule has 0 saturated heterocycles. The number of hydrogen-bond acceptors (Lipinski definition) is 6. The molecule has 0 radical (unpaired) electrons. The van der Waals surface area contributed by atoms with Crippen LogP contribution in [0, 0.1) is 11.3 Å². The quantitative estimate of drug-likeness (QED) is 0.111. The summed E-state index contributed by atoms with van der Waals surface area (Å²) in [5.74, 6) is 5.44. The van der Waals surface area contributed by atoms with Gasteiger partial charge in [-0.25, -0.2) is 11.4 Å². The van der Waals surface area contributed by atoms with Gasteiger partial charge in [-0.1, -0.05) is 75.9 Å². The van der Waals surface area contributed by atoms with Crippen LogP contribution in [0.3, 0.4) is 0 Å². The Morgan fingerprint density at radius 2 is 1.77 bits per heavy atom. The highest BCUT2D eigenvalue weighted by Gasteiger charge is 2.52. The molecular weight excluding hydrogens is 585 g/mol. The minimum absolute atomic E-state index is 0.0535. The lowest BCUT2D eigenvalue weighted by Crippen LogP contribution is -2.51. The monoisotopic (exact) mass is 627 g/mol. The standard InChI is InChI=1S/C32H43Cl2N7O2/c1-5-6-7-26(20-8-10-21(11-9-20)29(42)37-19-27(35)39-40-36)41-30(43)28(22-16-24(33)18-25(34)17-22)38-32(41)14-12-23(13-15-32)31(2,3)4/h8-11,16-18,23,26,40H,5-7,12-15,19,36H2,1-4H3,(H2,35,39)(H,37,42)/t23?,26-,32?/m1/s1. The molecule has 43 heavy (non-hydrogen) atoms. The average Bonchev–Trinajstić information content (AvgIpc) is 3.23. The molecule has 1 heterocycles. The molecule has 1 aliphatic carbocycles. The van der Waals surface area contributed by atoms with Crippen LogP contribution in [0.25, 0.3) is 0 Å². The van der Waals surface area contributed by atoms with E-state index in [1.165, 1.54) is 0 Å². The van der Waals surface area contributed by atoms with E-state index in [9.17, 15) is 9.59 Å². The molecule has 2 aliphatic rings. The summed E-state index contributed by atoms with van der Waals surface area (Å²) < 4.78 is 0. The Morgan fingerprint density at radius 3 is 2.33 bits per heavy atom. The number of amides is 2. The van der Waals surface area contributed by atoms with E-state index in [-0.39, 0.29) is 35.7 Å². The van der Waals surface area contributed by atoms with Gasteiger partial charge in [-0.15, -0.1) is 0 Å². The smallest absolute Gasteiger partial charge is 0.275 e. The van der Waals surface area contributed by atoms with Crippen molar-refractivity contribution in [3.63, 3.8) is 0 Å². The van der Waals surface area contributed by atoms with Crippen LogP contribution >= 0.6 is 23.2 Å². The summed E-state index contributed by atoms with van der Waals surface area (Å²) in [5, 5.41) is 7.31. The molecule has 11 heteroatoms. The van der Waals surface area contributed by atoms with Gasteiger partial charge < -0.3 is 16.0 Å². The first-order valence-electron chi connectivity index (χ1n) is 14.9. The molecule has 2 aromatic carbocycles. The maximum absolute atomic E-state index is 14.4. The minimum atomic E-state index is -0.661. The SMILES string of the molecule is CCCC[C@H](c1ccc(C(=O)NCC(N)=NNN)cc1)N1C(=O)C(c2cc(Cl)cc(Cl)c2)=NC12CCC(C(C)(C)C)CC2. The summed E-state index contributed by atoms with van der Waals surface area (Å²) in [6, 6.07) is 12.4. The highest BCUT2D eigenvalue weighted by molar-refractivity contribution is 6.47. The van der Waals surface area contributed by atoms with Crippen LogP contribution in [-0.4, -0.2) is 40.5 Å². The molecule has 232 valence electrons. The molecule has 1 fully saturated rings. The van der Waals surface area contributed by atoms with Gasteiger partial charge in [0, 0.05) is 21.2 Å². The molecule has 0 aromatic heterocycles. The predicted molar refractivity (Wildman–Crippen MR) is 174 cm³/mol. The van der Waals surface area contributed by atoms with Gasteiger partial charge in [0.15, 0.2) is 0 Å². The van der Waals surface area contributed by atoms with Crippen LogP contribution < -0.4 is 22.4 Å². The largest absolute Gasteiger partial charge is 0.384 e. The van der Waals surface area contributed by atoms with Gasteiger partial charge in [0.2, 0.25) is 0 Å². The fourth-order valence-electron chi connectivity index (χ4n) is 6.32. The summed E-state index contributed by atoms with van der Waals surface area (Å²) in [4.78, 5) is 34.5. The van der Waals surface area contributed by atoms with Crippen molar-refractivity contribution in [1.82, 2.24) is 15.8 Å². The van der Waals surface area contributed by atoms with Gasteiger partial charge in [-0.2, -0.15) is 5.10 Å². The van der Waals surface area contributed by atoms with Crippen molar-refractivity contribution in [1.29, 1.82) is 0 Å². The lowest BCUT2D eigenvalue weighted by atomic mass is 9.69. The zero-order chi connectivity index (χ0) is 31.4. The van der Waals surface area contributed by atoms with Crippen molar-refractivity contribution in [3.05, 3.63) is 69.2 Å². The fourth-order valence-corrected chi connectivity index (χ4v) is 6.84. The first-order valence-corrected chi connectivity index (χ1v) is 15.7. The third-order valence-corrected chi connectivity index (χ3v) is 9.11. The van der Waals surface area contributed by atoms with Crippen molar-refractivity contribution in [2.24, 2.45) is 33.0 Å². The molecule has 6 N–H and O–H groups in total. The lowest BCUT2D eigenvalue weighted by Gasteiger charge is -2.47. The maximum atomic E-state index is 14.4. The number of aliphatic imine (C=N–C) groups is 1. The Kier molecular flexibility index (Phi) is 10.4. The maximum Gasteiger partial charge on any atom is 0.275 e. The van der Waals surface area contributed by atoms with Crippen molar-refractivity contribution in [2.75, 3.05) is 6.54 Å². The summed E-state index contributed by atoms with van der Waals surface area (Å²) in [5.41, 5.74) is 9.81. The second-order valence-electron chi connectivity index (χ2n) is 12.6. The highest BCUT2D eigenvalue weighted by Crippen LogP contribution is 2.50. The Balaban J connectivity index is 1.70. The van der Waals surface area contributed by atoms with E-state index in [0.29, 0.717) is 32.8 Å². The van der Waals surface area contributed by atoms with Gasteiger partial charge in [0.25, 0.3) is 11.8 Å². The second-order valence-corrected chi connectivity index (χ2v) is 13.5. The highest BCUT2D eigenvalue weighted by atomic mass is 35.5. The van der Waals surface area contributed by atoms with Gasteiger partial charge in [-0.05, 0) is 79.3 Å². The number of halogens is 2. The van der Waals surface area contributed by atoms with Crippen LogP contribution in [0.4, 0.5) is 0 Å². The summed E-state index contributed by atoms with van der Waals surface area (Å²) in [7, 11) is 0. The fraction of sp³-hybridized carbons (Fsp3) is 0.500. The van der Waals surface area contributed by atoms with E-state index in [1.54, 1.807) is 30.3 Å². The van der Waals surface area contributed by atoms with Crippen LogP contribution in [0.15, 0.2) is 52.6 Å². The van der Waals surface area contributed by atoms with Crippen molar-refractivity contribution >= 4 is 46.6 Å². The number of amidine groups is 1. The first kappa shape index (κ1) is 32.8. The summed E-state index contributed by atoms with van der Waals surface area (Å²) in [6.45, 7) is 9.05. The van der Waals surface area contributed by atoms with E-state index < -0.39 is 5.66 Å². The Hall–Kier alpha value is -3.14. The number of nitrogens with one attached hydrogen (secondary N) is 2. The van der Waals surface area contributed by atoms with Crippen molar-refractivity contribution < 1.29 is 9.59 Å².